The number of anilines is 3. The molecule has 0 spiro atoms. The highest BCUT2D eigenvalue weighted by Crippen LogP contribution is 2.31. The van der Waals surface area contributed by atoms with Crippen LogP contribution in [0.25, 0.3) is 0 Å². The summed E-state index contributed by atoms with van der Waals surface area (Å²) in [6.07, 6.45) is 1.12. The predicted octanol–water partition coefficient (Wildman–Crippen LogP) is 4.72. The van der Waals surface area contributed by atoms with E-state index in [1.165, 1.54) is 12.1 Å². The molecule has 0 fully saturated rings. The topological polar surface area (TPSA) is 131 Å². The molecule has 160 valence electrons. The van der Waals surface area contributed by atoms with Crippen molar-refractivity contribution in [3.63, 3.8) is 0 Å². The van der Waals surface area contributed by atoms with Crippen LogP contribution in [0.15, 0.2) is 53.3 Å². The van der Waals surface area contributed by atoms with E-state index in [2.05, 4.69) is 42.1 Å². The van der Waals surface area contributed by atoms with Crippen LogP contribution in [0.1, 0.15) is 0 Å². The molecule has 3 aromatic rings. The van der Waals surface area contributed by atoms with Gasteiger partial charge in [-0.3, -0.25) is 25.8 Å². The number of nitro groups is 1. The van der Waals surface area contributed by atoms with Gasteiger partial charge in [-0.2, -0.15) is 0 Å². The Bertz CT molecular complexity index is 1120. The average Bonchev–Trinajstić information content (AvgIpc) is 2.73. The lowest BCUT2D eigenvalue weighted by Gasteiger charge is -2.12. The summed E-state index contributed by atoms with van der Waals surface area (Å²) in [5.41, 5.74) is 4.82. The van der Waals surface area contributed by atoms with Crippen LogP contribution in [0, 0.1) is 10.1 Å². The fourth-order valence-corrected chi connectivity index (χ4v) is 3.03. The highest BCUT2D eigenvalue weighted by atomic mass is 79.9. The molecule has 3 rings (SSSR count). The van der Waals surface area contributed by atoms with E-state index in [0.29, 0.717) is 10.7 Å². The molecule has 0 atom stereocenters. The predicted molar refractivity (Wildman–Crippen MR) is 120 cm³/mol. The van der Waals surface area contributed by atoms with Crippen molar-refractivity contribution in [3.05, 3.63) is 73.4 Å². The van der Waals surface area contributed by atoms with Gasteiger partial charge >= 0.3 is 5.69 Å². The number of nitrogens with one attached hydrogen (secondary N) is 3. The minimum Gasteiger partial charge on any atom is -0.482 e. The molecule has 0 saturated heterocycles. The number of hydrogen-bond donors (Lipinski definition) is 3. The Hall–Kier alpha value is -3.15. The third-order valence-corrected chi connectivity index (χ3v) is 4.74. The van der Waals surface area contributed by atoms with E-state index in [1.807, 2.05) is 0 Å². The zero-order valence-electron chi connectivity index (χ0n) is 15.4. The van der Waals surface area contributed by atoms with Gasteiger partial charge < -0.3 is 10.1 Å². The van der Waals surface area contributed by atoms with E-state index < -0.39 is 23.1 Å². The molecule has 10 nitrogen and oxygen atoms in total. The van der Waals surface area contributed by atoms with Crippen molar-refractivity contribution in [1.29, 1.82) is 0 Å². The minimum absolute atomic E-state index is 0.0525. The van der Waals surface area contributed by atoms with Crippen molar-refractivity contribution < 1.29 is 14.5 Å². The monoisotopic (exact) mass is 526 g/mol. The second kappa shape index (κ2) is 10.2. The second-order valence-electron chi connectivity index (χ2n) is 5.85. The maximum absolute atomic E-state index is 12.1. The number of hydrogen-bond acceptors (Lipinski definition) is 8. The molecule has 1 amide bonds. The van der Waals surface area contributed by atoms with Crippen LogP contribution < -0.4 is 20.9 Å². The first-order valence-corrected chi connectivity index (χ1v) is 10.0. The summed E-state index contributed by atoms with van der Waals surface area (Å²) in [7, 11) is 0. The molecular weight excluding hydrogens is 515 g/mol. The Labute approximate surface area is 194 Å². The lowest BCUT2D eigenvalue weighted by atomic mass is 10.3. The molecule has 0 aliphatic carbocycles. The smallest absolute Gasteiger partial charge is 0.355 e. The van der Waals surface area contributed by atoms with E-state index in [-0.39, 0.29) is 22.4 Å². The fourth-order valence-electron chi connectivity index (χ4n) is 2.31. The molecule has 2 aromatic carbocycles. The number of rotatable bonds is 8. The Morgan fingerprint density at radius 2 is 1.84 bits per heavy atom. The van der Waals surface area contributed by atoms with Crippen molar-refractivity contribution >= 4 is 68.0 Å². The van der Waals surface area contributed by atoms with Gasteiger partial charge in [0.1, 0.15) is 12.1 Å². The van der Waals surface area contributed by atoms with Crippen molar-refractivity contribution in [3.8, 4) is 5.75 Å². The number of hydrazine groups is 1. The van der Waals surface area contributed by atoms with E-state index >= 15 is 0 Å². The third-order valence-electron chi connectivity index (χ3n) is 3.68. The van der Waals surface area contributed by atoms with Gasteiger partial charge in [-0.15, -0.1) is 0 Å². The summed E-state index contributed by atoms with van der Waals surface area (Å²) < 4.78 is 6.16. The van der Waals surface area contributed by atoms with Gasteiger partial charge in [0.05, 0.1) is 9.95 Å². The van der Waals surface area contributed by atoms with Crippen molar-refractivity contribution in [2.24, 2.45) is 0 Å². The first kappa shape index (κ1) is 22.5. The van der Waals surface area contributed by atoms with Crippen LogP contribution in [-0.2, 0) is 4.79 Å². The summed E-state index contributed by atoms with van der Waals surface area (Å²) in [4.78, 5) is 30.7. The molecule has 0 aliphatic heterocycles. The molecule has 0 bridgehead atoms. The number of carbonyl (C=O) groups is 1. The van der Waals surface area contributed by atoms with Gasteiger partial charge in [0.15, 0.2) is 6.61 Å². The number of ether oxygens (including phenoxy) is 1. The van der Waals surface area contributed by atoms with Gasteiger partial charge in [0.25, 0.3) is 5.91 Å². The molecule has 1 aromatic heterocycles. The number of amides is 1. The minimum atomic E-state index is -0.667. The Morgan fingerprint density at radius 3 is 2.52 bits per heavy atom. The van der Waals surface area contributed by atoms with Crippen LogP contribution in [0.3, 0.4) is 0 Å². The molecule has 13 heteroatoms. The van der Waals surface area contributed by atoms with Gasteiger partial charge in [-0.05, 0) is 42.5 Å². The van der Waals surface area contributed by atoms with Crippen molar-refractivity contribution in [2.75, 3.05) is 17.3 Å². The molecule has 31 heavy (non-hydrogen) atoms. The van der Waals surface area contributed by atoms with Crippen LogP contribution in [0.2, 0.25) is 10.0 Å². The van der Waals surface area contributed by atoms with Crippen LogP contribution in [-0.4, -0.2) is 27.4 Å². The molecule has 1 heterocycles. The summed E-state index contributed by atoms with van der Waals surface area (Å²) in [6.45, 7) is -0.406. The molecule has 0 saturated carbocycles. The molecule has 0 radical (unpaired) electrons. The Morgan fingerprint density at radius 1 is 1.13 bits per heavy atom. The number of benzene rings is 2. The summed E-state index contributed by atoms with van der Waals surface area (Å²) >= 11 is 15.1. The highest BCUT2D eigenvalue weighted by Gasteiger charge is 2.23. The highest BCUT2D eigenvalue weighted by molar-refractivity contribution is 9.10. The van der Waals surface area contributed by atoms with Gasteiger partial charge in [0, 0.05) is 15.2 Å². The SMILES string of the molecule is O=C(COc1ccc(Cl)cc1Cl)NNc1ncnc(Nc2ccc(Br)cc2)c1[N+](=O)[O-]. The number of nitrogens with zero attached hydrogens (tertiary/aromatic N) is 3. The molecule has 3 N–H and O–H groups in total. The molecule has 0 unspecified atom stereocenters. The van der Waals surface area contributed by atoms with E-state index in [9.17, 15) is 14.9 Å². The quantitative estimate of drug-likeness (QED) is 0.283. The van der Waals surface area contributed by atoms with Gasteiger partial charge in [-0.25, -0.2) is 9.97 Å². The largest absolute Gasteiger partial charge is 0.482 e. The summed E-state index contributed by atoms with van der Waals surface area (Å²) in [6, 6.07) is 11.5. The van der Waals surface area contributed by atoms with Crippen molar-refractivity contribution in [1.82, 2.24) is 15.4 Å². The first-order valence-electron chi connectivity index (χ1n) is 8.48. The van der Waals surface area contributed by atoms with Gasteiger partial charge in [0.2, 0.25) is 11.6 Å². The van der Waals surface area contributed by atoms with Crippen LogP contribution >= 0.6 is 39.1 Å². The standard InChI is InChI=1S/C18H13BrCl2N6O4/c19-10-1-4-12(5-2-10)24-17-16(27(29)30)18(23-9-22-17)26-25-15(28)8-31-14-6-3-11(20)7-13(14)21/h1-7,9H,8H2,(H,25,28)(H2,22,23,24,26). The van der Waals surface area contributed by atoms with Crippen molar-refractivity contribution in [2.45, 2.75) is 0 Å². The van der Waals surface area contributed by atoms with E-state index in [1.54, 1.807) is 30.3 Å². The lowest BCUT2D eigenvalue weighted by Crippen LogP contribution is -2.34. The second-order valence-corrected chi connectivity index (χ2v) is 7.60. The number of carbonyl (C=O) groups excluding carboxylic acids is 1. The van der Waals surface area contributed by atoms with Crippen LogP contribution in [0.4, 0.5) is 23.0 Å². The fraction of sp³-hybridized carbons (Fsp3) is 0.0556. The van der Waals surface area contributed by atoms with Gasteiger partial charge in [-0.1, -0.05) is 39.1 Å². The first-order chi connectivity index (χ1) is 14.8. The summed E-state index contributed by atoms with van der Waals surface area (Å²) in [5, 5.41) is 15.1. The normalized spacial score (nSPS) is 10.3. The van der Waals surface area contributed by atoms with E-state index in [4.69, 9.17) is 27.9 Å². The average molecular weight is 528 g/mol. The van der Waals surface area contributed by atoms with Crippen LogP contribution in [0.5, 0.6) is 5.75 Å². The maximum atomic E-state index is 12.1. The zero-order chi connectivity index (χ0) is 22.4. The van der Waals surface area contributed by atoms with E-state index in [0.717, 1.165) is 10.8 Å². The maximum Gasteiger partial charge on any atom is 0.355 e. The number of halogens is 3. The molecule has 0 aliphatic rings. The Kier molecular flexibility index (Phi) is 7.45. The Balaban J connectivity index is 1.67. The summed E-state index contributed by atoms with van der Waals surface area (Å²) in [5.74, 6) is -0.627. The third kappa shape index (κ3) is 6.17. The molecular formula is C18H13BrCl2N6O4. The lowest BCUT2D eigenvalue weighted by molar-refractivity contribution is -0.383. The number of aromatic nitrogens is 2. The zero-order valence-corrected chi connectivity index (χ0v) is 18.5.